The lowest BCUT2D eigenvalue weighted by Crippen LogP contribution is -2.18. The fourth-order valence-electron chi connectivity index (χ4n) is 2.72. The van der Waals surface area contributed by atoms with Gasteiger partial charge in [0.1, 0.15) is 6.54 Å². The quantitative estimate of drug-likeness (QED) is 0.683. The molecule has 2 aromatic carbocycles. The number of benzene rings is 2. The van der Waals surface area contributed by atoms with Gasteiger partial charge < -0.3 is 15.2 Å². The van der Waals surface area contributed by atoms with Gasteiger partial charge in [-0.3, -0.25) is 9.59 Å². The number of aromatic nitrogens is 1. The highest BCUT2D eigenvalue weighted by Gasteiger charge is 2.10. The number of amides is 2. The van der Waals surface area contributed by atoms with Gasteiger partial charge >= 0.3 is 0 Å². The van der Waals surface area contributed by atoms with E-state index in [1.54, 1.807) is 11.8 Å². The summed E-state index contributed by atoms with van der Waals surface area (Å²) < 4.78 is 1.87. The molecule has 0 spiro atoms. The van der Waals surface area contributed by atoms with E-state index in [4.69, 9.17) is 0 Å². The van der Waals surface area contributed by atoms with Crippen LogP contribution in [0.15, 0.2) is 59.6 Å². The van der Waals surface area contributed by atoms with Crippen LogP contribution in [0.3, 0.4) is 0 Å². The predicted molar refractivity (Wildman–Crippen MR) is 103 cm³/mol. The van der Waals surface area contributed by atoms with Gasteiger partial charge in [-0.05, 0) is 42.7 Å². The van der Waals surface area contributed by atoms with Crippen LogP contribution >= 0.6 is 11.8 Å². The van der Waals surface area contributed by atoms with Crippen molar-refractivity contribution in [3.63, 3.8) is 0 Å². The molecule has 25 heavy (non-hydrogen) atoms. The molecule has 5 nitrogen and oxygen atoms in total. The Bertz CT molecular complexity index is 933. The van der Waals surface area contributed by atoms with E-state index in [1.165, 1.54) is 6.92 Å². The van der Waals surface area contributed by atoms with Crippen molar-refractivity contribution in [2.75, 3.05) is 16.9 Å². The number of hydrogen-bond donors (Lipinski definition) is 2. The van der Waals surface area contributed by atoms with Gasteiger partial charge in [0, 0.05) is 29.1 Å². The molecule has 1 heterocycles. The largest absolute Gasteiger partial charge is 0.338 e. The molecule has 0 saturated heterocycles. The minimum atomic E-state index is -0.119. The standard InChI is InChI=1S/C19H19N3O2S/c1-13(23)20-17-7-4-8-18-16(17)9-10-22(18)12-19(24)21-14-5-3-6-15(11-14)25-2/h3-11H,12H2,1-2H3,(H,20,23)(H,21,24). The van der Waals surface area contributed by atoms with E-state index in [-0.39, 0.29) is 18.4 Å². The minimum Gasteiger partial charge on any atom is -0.338 e. The van der Waals surface area contributed by atoms with Gasteiger partial charge in [0.25, 0.3) is 0 Å². The summed E-state index contributed by atoms with van der Waals surface area (Å²) in [5.41, 5.74) is 2.43. The molecule has 0 unspecified atom stereocenters. The van der Waals surface area contributed by atoms with Gasteiger partial charge in [0.05, 0.1) is 11.2 Å². The lowest BCUT2D eigenvalue weighted by atomic mass is 10.2. The van der Waals surface area contributed by atoms with Gasteiger partial charge in [-0.15, -0.1) is 11.8 Å². The Labute approximate surface area is 150 Å². The van der Waals surface area contributed by atoms with Crippen LogP contribution in [0.5, 0.6) is 0 Å². The molecule has 0 bridgehead atoms. The SMILES string of the molecule is CSc1cccc(NC(=O)Cn2ccc3c(NC(C)=O)cccc32)c1. The third-order valence-corrected chi connectivity index (χ3v) is 4.52. The van der Waals surface area contributed by atoms with Crippen molar-refractivity contribution in [1.29, 1.82) is 0 Å². The average Bonchev–Trinajstić information content (AvgIpc) is 2.98. The Balaban J connectivity index is 1.78. The van der Waals surface area contributed by atoms with Gasteiger partial charge in [0.2, 0.25) is 11.8 Å². The molecule has 0 aliphatic heterocycles. The van der Waals surface area contributed by atoms with Gasteiger partial charge in [-0.1, -0.05) is 12.1 Å². The van der Waals surface area contributed by atoms with Crippen LogP contribution < -0.4 is 10.6 Å². The summed E-state index contributed by atoms with van der Waals surface area (Å²) in [5.74, 6) is -0.215. The van der Waals surface area contributed by atoms with Crippen molar-refractivity contribution in [2.45, 2.75) is 18.4 Å². The molecule has 3 rings (SSSR count). The summed E-state index contributed by atoms with van der Waals surface area (Å²) >= 11 is 1.63. The van der Waals surface area contributed by atoms with Crippen molar-refractivity contribution >= 4 is 45.9 Å². The van der Waals surface area contributed by atoms with Crippen molar-refractivity contribution < 1.29 is 9.59 Å². The first-order valence-corrected chi connectivity index (χ1v) is 9.08. The van der Waals surface area contributed by atoms with E-state index in [9.17, 15) is 9.59 Å². The monoisotopic (exact) mass is 353 g/mol. The summed E-state index contributed by atoms with van der Waals surface area (Å²) in [6.07, 6.45) is 3.85. The Morgan fingerprint density at radius 2 is 1.88 bits per heavy atom. The van der Waals surface area contributed by atoms with Crippen molar-refractivity contribution in [1.82, 2.24) is 4.57 Å². The van der Waals surface area contributed by atoms with E-state index in [2.05, 4.69) is 10.6 Å². The van der Waals surface area contributed by atoms with Crippen molar-refractivity contribution in [3.05, 3.63) is 54.7 Å². The first kappa shape index (κ1) is 17.1. The number of fused-ring (bicyclic) bond motifs is 1. The predicted octanol–water partition coefficient (Wildman–Crippen LogP) is 3.96. The summed E-state index contributed by atoms with van der Waals surface area (Å²) in [6, 6.07) is 15.3. The highest BCUT2D eigenvalue weighted by atomic mass is 32.2. The number of rotatable bonds is 5. The number of nitrogens with zero attached hydrogens (tertiary/aromatic N) is 1. The van der Waals surface area contributed by atoms with E-state index in [0.717, 1.165) is 27.2 Å². The Hall–Kier alpha value is -2.73. The van der Waals surface area contributed by atoms with Crippen LogP contribution in [-0.4, -0.2) is 22.6 Å². The number of carbonyl (C=O) groups excluding carboxylic acids is 2. The maximum absolute atomic E-state index is 12.4. The second-order valence-electron chi connectivity index (χ2n) is 5.64. The molecule has 0 radical (unpaired) electrons. The zero-order valence-electron chi connectivity index (χ0n) is 14.1. The second kappa shape index (κ2) is 7.44. The number of hydrogen-bond acceptors (Lipinski definition) is 3. The Morgan fingerprint density at radius 3 is 2.64 bits per heavy atom. The molecule has 2 N–H and O–H groups in total. The van der Waals surface area contributed by atoms with E-state index in [1.807, 2.05) is 65.6 Å². The molecule has 0 aliphatic carbocycles. The highest BCUT2D eigenvalue weighted by molar-refractivity contribution is 7.98. The maximum Gasteiger partial charge on any atom is 0.244 e. The van der Waals surface area contributed by atoms with E-state index < -0.39 is 0 Å². The zero-order chi connectivity index (χ0) is 17.8. The molecular formula is C19H19N3O2S. The van der Waals surface area contributed by atoms with Crippen LogP contribution in [0, 0.1) is 0 Å². The van der Waals surface area contributed by atoms with Crippen LogP contribution in [-0.2, 0) is 16.1 Å². The van der Waals surface area contributed by atoms with Crippen LogP contribution in [0.4, 0.5) is 11.4 Å². The molecule has 6 heteroatoms. The second-order valence-corrected chi connectivity index (χ2v) is 6.52. The summed E-state index contributed by atoms with van der Waals surface area (Å²) in [6.45, 7) is 1.68. The lowest BCUT2D eigenvalue weighted by Gasteiger charge is -2.09. The van der Waals surface area contributed by atoms with Crippen molar-refractivity contribution in [2.24, 2.45) is 0 Å². The lowest BCUT2D eigenvalue weighted by molar-refractivity contribution is -0.116. The van der Waals surface area contributed by atoms with E-state index in [0.29, 0.717) is 0 Å². The molecule has 0 aliphatic rings. The number of anilines is 2. The molecule has 0 fully saturated rings. The van der Waals surface area contributed by atoms with Crippen LogP contribution in [0.2, 0.25) is 0 Å². The summed E-state index contributed by atoms with van der Waals surface area (Å²) in [7, 11) is 0. The molecule has 128 valence electrons. The Kier molecular flexibility index (Phi) is 5.09. The fraction of sp³-hybridized carbons (Fsp3) is 0.158. The molecular weight excluding hydrogens is 334 g/mol. The van der Waals surface area contributed by atoms with Gasteiger partial charge in [-0.2, -0.15) is 0 Å². The van der Waals surface area contributed by atoms with Gasteiger partial charge in [0.15, 0.2) is 0 Å². The fourth-order valence-corrected chi connectivity index (χ4v) is 3.18. The first-order valence-electron chi connectivity index (χ1n) is 7.86. The van der Waals surface area contributed by atoms with Crippen molar-refractivity contribution in [3.8, 4) is 0 Å². The third-order valence-electron chi connectivity index (χ3n) is 3.79. The highest BCUT2D eigenvalue weighted by Crippen LogP contribution is 2.25. The summed E-state index contributed by atoms with van der Waals surface area (Å²) in [5, 5.41) is 6.65. The molecule has 1 aromatic heterocycles. The molecule has 3 aromatic rings. The Morgan fingerprint density at radius 1 is 1.08 bits per heavy atom. The molecule has 2 amide bonds. The maximum atomic E-state index is 12.4. The molecule has 0 saturated carbocycles. The van der Waals surface area contributed by atoms with Crippen LogP contribution in [0.25, 0.3) is 10.9 Å². The average molecular weight is 353 g/mol. The normalized spacial score (nSPS) is 10.6. The summed E-state index contributed by atoms with van der Waals surface area (Å²) in [4.78, 5) is 24.8. The number of carbonyl (C=O) groups is 2. The molecule has 0 atom stereocenters. The smallest absolute Gasteiger partial charge is 0.244 e. The number of nitrogens with one attached hydrogen (secondary N) is 2. The first-order chi connectivity index (χ1) is 12.1. The minimum absolute atomic E-state index is 0.0966. The zero-order valence-corrected chi connectivity index (χ0v) is 14.9. The topological polar surface area (TPSA) is 63.1 Å². The van der Waals surface area contributed by atoms with E-state index >= 15 is 0 Å². The number of thioether (sulfide) groups is 1. The van der Waals surface area contributed by atoms with Crippen LogP contribution in [0.1, 0.15) is 6.92 Å². The third kappa shape index (κ3) is 4.03. The van der Waals surface area contributed by atoms with Gasteiger partial charge in [-0.25, -0.2) is 0 Å².